The average Bonchev–Trinajstić information content (AvgIpc) is 2.85. The first-order valence-corrected chi connectivity index (χ1v) is 5.61. The molecule has 0 fully saturated rings. The predicted octanol–water partition coefficient (Wildman–Crippen LogP) is 3.13. The SMILES string of the molecule is O=C(O)/C=C/c1cccc(F)c1-n1cc(C(F)(F)F)cn1. The Bertz CT molecular complexity index is 704. The number of carboxylic acids is 1. The van der Waals surface area contributed by atoms with Crippen molar-refractivity contribution in [1.82, 2.24) is 9.78 Å². The minimum absolute atomic E-state index is 0.0919. The molecule has 0 amide bonds. The molecule has 4 nitrogen and oxygen atoms in total. The molecule has 2 rings (SSSR count). The molecular formula is C13H8F4N2O2. The highest BCUT2D eigenvalue weighted by atomic mass is 19.4. The number of aromatic nitrogens is 2. The molecule has 1 aromatic heterocycles. The Hall–Kier alpha value is -2.64. The normalized spacial score (nSPS) is 12.0. The van der Waals surface area contributed by atoms with Gasteiger partial charge in [0.2, 0.25) is 0 Å². The number of para-hydroxylation sites is 1. The lowest BCUT2D eigenvalue weighted by molar-refractivity contribution is -0.137. The maximum absolute atomic E-state index is 13.8. The summed E-state index contributed by atoms with van der Waals surface area (Å²) in [5.41, 5.74) is -1.20. The molecule has 0 atom stereocenters. The van der Waals surface area contributed by atoms with E-state index in [1.54, 1.807) is 0 Å². The smallest absolute Gasteiger partial charge is 0.419 e. The highest BCUT2D eigenvalue weighted by molar-refractivity contribution is 5.86. The molecule has 0 aliphatic carbocycles. The summed E-state index contributed by atoms with van der Waals surface area (Å²) in [5, 5.41) is 12.0. The van der Waals surface area contributed by atoms with E-state index in [4.69, 9.17) is 5.11 Å². The molecule has 0 bridgehead atoms. The summed E-state index contributed by atoms with van der Waals surface area (Å²) >= 11 is 0. The molecule has 1 heterocycles. The van der Waals surface area contributed by atoms with E-state index in [1.807, 2.05) is 0 Å². The van der Waals surface area contributed by atoms with E-state index >= 15 is 0 Å². The number of hydrogen-bond donors (Lipinski definition) is 1. The third kappa shape index (κ3) is 3.28. The zero-order chi connectivity index (χ0) is 15.6. The lowest BCUT2D eigenvalue weighted by Crippen LogP contribution is -2.04. The molecule has 21 heavy (non-hydrogen) atoms. The first-order valence-electron chi connectivity index (χ1n) is 5.61. The Kier molecular flexibility index (Phi) is 3.79. The summed E-state index contributed by atoms with van der Waals surface area (Å²) in [6, 6.07) is 3.73. The van der Waals surface area contributed by atoms with Crippen LogP contribution in [0, 0.1) is 5.82 Å². The molecular weight excluding hydrogens is 292 g/mol. The van der Waals surface area contributed by atoms with Gasteiger partial charge in [-0.1, -0.05) is 12.1 Å². The monoisotopic (exact) mass is 300 g/mol. The van der Waals surface area contributed by atoms with Gasteiger partial charge in [-0.15, -0.1) is 0 Å². The standard InChI is InChI=1S/C13H8F4N2O2/c14-10-3-1-2-8(4-5-11(20)21)12(10)19-7-9(6-18-19)13(15,16)17/h1-7H,(H,20,21)/b5-4+. The average molecular weight is 300 g/mol. The van der Waals surface area contributed by atoms with E-state index in [9.17, 15) is 22.4 Å². The summed E-state index contributed by atoms with van der Waals surface area (Å²) in [4.78, 5) is 10.5. The molecule has 1 N–H and O–H groups in total. The Morgan fingerprint density at radius 3 is 2.62 bits per heavy atom. The second kappa shape index (κ2) is 5.39. The second-order valence-corrected chi connectivity index (χ2v) is 4.02. The Labute approximate surface area is 115 Å². The zero-order valence-electron chi connectivity index (χ0n) is 10.3. The summed E-state index contributed by atoms with van der Waals surface area (Å²) in [7, 11) is 0. The zero-order valence-corrected chi connectivity index (χ0v) is 10.3. The van der Waals surface area contributed by atoms with Gasteiger partial charge in [0, 0.05) is 17.8 Å². The van der Waals surface area contributed by atoms with Crippen LogP contribution in [0.3, 0.4) is 0 Å². The molecule has 0 aliphatic heterocycles. The molecule has 110 valence electrons. The van der Waals surface area contributed by atoms with Crippen LogP contribution in [0.15, 0.2) is 36.7 Å². The van der Waals surface area contributed by atoms with Gasteiger partial charge >= 0.3 is 12.1 Å². The molecule has 1 aromatic carbocycles. The number of carboxylic acid groups (broad SMARTS) is 1. The van der Waals surface area contributed by atoms with Crippen LogP contribution in [0.5, 0.6) is 0 Å². The van der Waals surface area contributed by atoms with Crippen LogP contribution >= 0.6 is 0 Å². The van der Waals surface area contributed by atoms with Gasteiger partial charge in [0.05, 0.1) is 11.8 Å². The highest BCUT2D eigenvalue weighted by Gasteiger charge is 2.32. The van der Waals surface area contributed by atoms with Crippen LogP contribution in [-0.4, -0.2) is 20.9 Å². The maximum Gasteiger partial charge on any atom is 0.419 e. The summed E-state index contributed by atoms with van der Waals surface area (Å²) in [6.45, 7) is 0. The number of aliphatic carboxylic acids is 1. The fourth-order valence-corrected chi connectivity index (χ4v) is 1.66. The van der Waals surface area contributed by atoms with E-state index in [-0.39, 0.29) is 11.3 Å². The molecule has 2 aromatic rings. The van der Waals surface area contributed by atoms with Crippen LogP contribution in [-0.2, 0) is 11.0 Å². The van der Waals surface area contributed by atoms with Gasteiger partial charge in [0.1, 0.15) is 11.5 Å². The lowest BCUT2D eigenvalue weighted by Gasteiger charge is -2.07. The van der Waals surface area contributed by atoms with Crippen molar-refractivity contribution in [2.45, 2.75) is 6.18 Å². The van der Waals surface area contributed by atoms with Crippen molar-refractivity contribution in [2.75, 3.05) is 0 Å². The topological polar surface area (TPSA) is 55.1 Å². The van der Waals surface area contributed by atoms with E-state index in [0.29, 0.717) is 12.4 Å². The third-order valence-corrected chi connectivity index (χ3v) is 2.56. The molecule has 0 radical (unpaired) electrons. The van der Waals surface area contributed by atoms with Gasteiger partial charge in [0.25, 0.3) is 0 Å². The Morgan fingerprint density at radius 2 is 2.05 bits per heavy atom. The van der Waals surface area contributed by atoms with Gasteiger partial charge < -0.3 is 5.11 Å². The molecule has 0 aliphatic rings. The van der Waals surface area contributed by atoms with Gasteiger partial charge in [-0.25, -0.2) is 13.9 Å². The van der Waals surface area contributed by atoms with E-state index in [1.165, 1.54) is 12.1 Å². The first-order chi connectivity index (χ1) is 9.79. The number of rotatable bonds is 3. The number of nitrogens with zero attached hydrogens (tertiary/aromatic N) is 2. The maximum atomic E-state index is 13.8. The number of benzene rings is 1. The first kappa shape index (κ1) is 14.8. The minimum Gasteiger partial charge on any atom is -0.478 e. The van der Waals surface area contributed by atoms with Crippen molar-refractivity contribution in [2.24, 2.45) is 0 Å². The largest absolute Gasteiger partial charge is 0.478 e. The molecule has 0 spiro atoms. The Balaban J connectivity index is 2.53. The van der Waals surface area contributed by atoms with Gasteiger partial charge in [-0.3, -0.25) is 0 Å². The minimum atomic E-state index is -4.60. The van der Waals surface area contributed by atoms with Crippen molar-refractivity contribution in [1.29, 1.82) is 0 Å². The van der Waals surface area contributed by atoms with E-state index < -0.39 is 23.5 Å². The van der Waals surface area contributed by atoms with Gasteiger partial charge in [-0.05, 0) is 12.1 Å². The van der Waals surface area contributed by atoms with Crippen molar-refractivity contribution in [3.8, 4) is 5.69 Å². The van der Waals surface area contributed by atoms with Crippen molar-refractivity contribution in [3.05, 3.63) is 53.6 Å². The molecule has 0 saturated heterocycles. The second-order valence-electron chi connectivity index (χ2n) is 4.02. The summed E-state index contributed by atoms with van der Waals surface area (Å²) in [6.07, 6.45) is -1.56. The highest BCUT2D eigenvalue weighted by Crippen LogP contribution is 2.30. The Morgan fingerprint density at radius 1 is 1.33 bits per heavy atom. The molecule has 8 heteroatoms. The fourth-order valence-electron chi connectivity index (χ4n) is 1.66. The van der Waals surface area contributed by atoms with Crippen molar-refractivity contribution in [3.63, 3.8) is 0 Å². The van der Waals surface area contributed by atoms with Crippen LogP contribution < -0.4 is 0 Å². The number of carbonyl (C=O) groups is 1. The number of hydrogen-bond acceptors (Lipinski definition) is 2. The third-order valence-electron chi connectivity index (χ3n) is 2.56. The number of halogens is 4. The summed E-state index contributed by atoms with van der Waals surface area (Å²) < 4.78 is 52.2. The summed E-state index contributed by atoms with van der Waals surface area (Å²) in [5.74, 6) is -2.08. The van der Waals surface area contributed by atoms with E-state index in [0.717, 1.165) is 22.9 Å². The van der Waals surface area contributed by atoms with Gasteiger partial charge in [-0.2, -0.15) is 18.3 Å². The molecule has 0 unspecified atom stereocenters. The van der Waals surface area contributed by atoms with Crippen LogP contribution in [0.25, 0.3) is 11.8 Å². The fraction of sp³-hybridized carbons (Fsp3) is 0.0769. The van der Waals surface area contributed by atoms with Crippen molar-refractivity contribution < 1.29 is 27.5 Å². The van der Waals surface area contributed by atoms with Crippen molar-refractivity contribution >= 4 is 12.0 Å². The van der Waals surface area contributed by atoms with Crippen LogP contribution in [0.1, 0.15) is 11.1 Å². The number of alkyl halides is 3. The van der Waals surface area contributed by atoms with Crippen LogP contribution in [0.2, 0.25) is 0 Å². The molecule has 0 saturated carbocycles. The van der Waals surface area contributed by atoms with Crippen LogP contribution in [0.4, 0.5) is 17.6 Å². The van der Waals surface area contributed by atoms with Gasteiger partial charge in [0.15, 0.2) is 0 Å². The quantitative estimate of drug-likeness (QED) is 0.700. The lowest BCUT2D eigenvalue weighted by atomic mass is 10.1. The van der Waals surface area contributed by atoms with E-state index in [2.05, 4.69) is 5.10 Å². The predicted molar refractivity (Wildman–Crippen MR) is 65.2 cm³/mol.